The molecule has 0 saturated heterocycles. The lowest BCUT2D eigenvalue weighted by molar-refractivity contribution is 0.601. The Labute approximate surface area is 140 Å². The molecule has 0 bridgehead atoms. The van der Waals surface area contributed by atoms with E-state index < -0.39 is 10.0 Å². The first-order chi connectivity index (χ1) is 11.5. The smallest absolute Gasteiger partial charge is 0.263 e. The quantitative estimate of drug-likeness (QED) is 0.744. The van der Waals surface area contributed by atoms with Crippen LogP contribution in [0.15, 0.2) is 71.6 Å². The largest absolute Gasteiger partial charge is 0.339 e. The molecule has 7 heteroatoms. The zero-order valence-electron chi connectivity index (χ0n) is 13.0. The van der Waals surface area contributed by atoms with Gasteiger partial charge in [-0.3, -0.25) is 4.72 Å². The summed E-state index contributed by atoms with van der Waals surface area (Å²) in [4.78, 5) is 0.175. The lowest BCUT2D eigenvalue weighted by atomic mass is 10.2. The number of benzene rings is 2. The molecule has 0 fully saturated rings. The Bertz CT molecular complexity index is 909. The summed E-state index contributed by atoms with van der Waals surface area (Å²) in [6.07, 6.45) is 0. The molecule has 0 atom stereocenters. The van der Waals surface area contributed by atoms with Crippen molar-refractivity contribution in [3.8, 4) is 0 Å². The molecule has 122 valence electrons. The summed E-state index contributed by atoms with van der Waals surface area (Å²) in [6.45, 7) is 2.01. The van der Waals surface area contributed by atoms with Gasteiger partial charge in [0.1, 0.15) is 0 Å². The van der Waals surface area contributed by atoms with Crippen molar-refractivity contribution < 1.29 is 8.42 Å². The molecule has 0 radical (unpaired) electrons. The summed E-state index contributed by atoms with van der Waals surface area (Å²) in [5, 5.41) is 11.0. The van der Waals surface area contributed by atoms with Crippen LogP contribution >= 0.6 is 0 Å². The number of sulfonamides is 1. The van der Waals surface area contributed by atoms with Crippen molar-refractivity contribution in [1.29, 1.82) is 0 Å². The van der Waals surface area contributed by atoms with E-state index in [1.165, 1.54) is 12.1 Å². The SMILES string of the molecule is Cc1ccc(Nc2ccc(NS(=O)(=O)c3ccccc3)nn2)cc1. The molecule has 0 saturated carbocycles. The summed E-state index contributed by atoms with van der Waals surface area (Å²) in [6, 6.07) is 19.2. The van der Waals surface area contributed by atoms with Crippen LogP contribution in [0.3, 0.4) is 0 Å². The van der Waals surface area contributed by atoms with Gasteiger partial charge in [0, 0.05) is 5.69 Å². The van der Waals surface area contributed by atoms with E-state index in [1.54, 1.807) is 30.3 Å². The second kappa shape index (κ2) is 6.67. The Morgan fingerprint density at radius 1 is 0.792 bits per heavy atom. The zero-order valence-corrected chi connectivity index (χ0v) is 13.8. The predicted octanol–water partition coefficient (Wildman–Crippen LogP) is 3.33. The molecule has 2 aromatic carbocycles. The van der Waals surface area contributed by atoms with Gasteiger partial charge >= 0.3 is 0 Å². The molecule has 1 aromatic heterocycles. The molecule has 0 unspecified atom stereocenters. The number of aryl methyl sites for hydroxylation is 1. The maximum absolute atomic E-state index is 12.2. The van der Waals surface area contributed by atoms with Crippen LogP contribution in [0.1, 0.15) is 5.56 Å². The summed E-state index contributed by atoms with van der Waals surface area (Å²) in [5.74, 6) is 0.690. The summed E-state index contributed by atoms with van der Waals surface area (Å²) >= 11 is 0. The molecule has 0 amide bonds. The fourth-order valence-corrected chi connectivity index (χ4v) is 3.05. The highest BCUT2D eigenvalue weighted by Gasteiger charge is 2.14. The van der Waals surface area contributed by atoms with Crippen LogP contribution in [0.25, 0.3) is 0 Å². The van der Waals surface area contributed by atoms with Gasteiger partial charge in [-0.2, -0.15) is 0 Å². The molecule has 0 aliphatic heterocycles. The molecule has 2 N–H and O–H groups in total. The maximum Gasteiger partial charge on any atom is 0.263 e. The van der Waals surface area contributed by atoms with Crippen molar-refractivity contribution in [2.45, 2.75) is 11.8 Å². The van der Waals surface area contributed by atoms with Gasteiger partial charge in [0.15, 0.2) is 11.6 Å². The number of nitrogens with one attached hydrogen (secondary N) is 2. The minimum Gasteiger partial charge on any atom is -0.339 e. The number of hydrogen-bond acceptors (Lipinski definition) is 5. The third-order valence-electron chi connectivity index (χ3n) is 3.28. The molecular formula is C17H16N4O2S. The van der Waals surface area contributed by atoms with Gasteiger partial charge in [0.2, 0.25) is 0 Å². The van der Waals surface area contributed by atoms with E-state index in [4.69, 9.17) is 0 Å². The Morgan fingerprint density at radius 3 is 2.04 bits per heavy atom. The number of hydrogen-bond donors (Lipinski definition) is 2. The maximum atomic E-state index is 12.2. The summed E-state index contributed by atoms with van der Waals surface area (Å²) in [7, 11) is -3.66. The predicted molar refractivity (Wildman–Crippen MR) is 93.7 cm³/mol. The van der Waals surface area contributed by atoms with Crippen LogP contribution in [-0.2, 0) is 10.0 Å². The van der Waals surface area contributed by atoms with E-state index in [1.807, 2.05) is 31.2 Å². The first kappa shape index (κ1) is 15.9. The minimum atomic E-state index is -3.66. The molecular weight excluding hydrogens is 324 g/mol. The Morgan fingerprint density at radius 2 is 1.42 bits per heavy atom. The first-order valence-electron chi connectivity index (χ1n) is 7.28. The Balaban J connectivity index is 1.72. The molecule has 24 heavy (non-hydrogen) atoms. The topological polar surface area (TPSA) is 84.0 Å². The molecule has 6 nitrogen and oxygen atoms in total. The van der Waals surface area contributed by atoms with Gasteiger partial charge in [0.25, 0.3) is 10.0 Å². The zero-order chi connectivity index (χ0) is 17.0. The molecule has 3 aromatic rings. The average Bonchev–Trinajstić information content (AvgIpc) is 2.59. The van der Waals surface area contributed by atoms with Gasteiger partial charge in [-0.1, -0.05) is 35.9 Å². The van der Waals surface area contributed by atoms with Crippen molar-refractivity contribution in [2.24, 2.45) is 0 Å². The molecule has 1 heterocycles. The van der Waals surface area contributed by atoms with Crippen LogP contribution in [0, 0.1) is 6.92 Å². The van der Waals surface area contributed by atoms with Crippen LogP contribution < -0.4 is 10.0 Å². The number of nitrogens with zero attached hydrogens (tertiary/aromatic N) is 2. The van der Waals surface area contributed by atoms with Crippen molar-refractivity contribution in [3.05, 3.63) is 72.3 Å². The van der Waals surface area contributed by atoms with Crippen molar-refractivity contribution in [1.82, 2.24) is 10.2 Å². The monoisotopic (exact) mass is 340 g/mol. The Kier molecular flexibility index (Phi) is 4.43. The second-order valence-corrected chi connectivity index (χ2v) is 6.90. The van der Waals surface area contributed by atoms with Gasteiger partial charge in [-0.25, -0.2) is 8.42 Å². The highest BCUT2D eigenvalue weighted by molar-refractivity contribution is 7.92. The highest BCUT2D eigenvalue weighted by Crippen LogP contribution is 2.17. The van der Waals surface area contributed by atoms with E-state index in [0.717, 1.165) is 11.3 Å². The molecule has 0 aliphatic rings. The molecule has 0 spiro atoms. The number of rotatable bonds is 5. The summed E-state index contributed by atoms with van der Waals surface area (Å²) < 4.78 is 26.8. The van der Waals surface area contributed by atoms with E-state index in [0.29, 0.717) is 5.82 Å². The second-order valence-electron chi connectivity index (χ2n) is 5.21. The van der Waals surface area contributed by atoms with E-state index in [9.17, 15) is 8.42 Å². The Hall–Kier alpha value is -2.93. The fourth-order valence-electron chi connectivity index (χ4n) is 2.03. The van der Waals surface area contributed by atoms with Gasteiger partial charge in [-0.05, 0) is 43.3 Å². The van der Waals surface area contributed by atoms with Crippen LogP contribution in [0.5, 0.6) is 0 Å². The van der Waals surface area contributed by atoms with E-state index in [-0.39, 0.29) is 10.7 Å². The van der Waals surface area contributed by atoms with E-state index in [2.05, 4.69) is 20.2 Å². The average molecular weight is 340 g/mol. The fraction of sp³-hybridized carbons (Fsp3) is 0.0588. The van der Waals surface area contributed by atoms with Crippen LogP contribution in [0.2, 0.25) is 0 Å². The van der Waals surface area contributed by atoms with Gasteiger partial charge in [0.05, 0.1) is 4.90 Å². The van der Waals surface area contributed by atoms with Gasteiger partial charge in [-0.15, -0.1) is 10.2 Å². The third-order valence-corrected chi connectivity index (χ3v) is 4.65. The van der Waals surface area contributed by atoms with Crippen molar-refractivity contribution >= 4 is 27.3 Å². The number of anilines is 3. The summed E-state index contributed by atoms with van der Waals surface area (Å²) in [5.41, 5.74) is 2.05. The molecule has 3 rings (SSSR count). The highest BCUT2D eigenvalue weighted by atomic mass is 32.2. The standard InChI is InChI=1S/C17H16N4O2S/c1-13-7-9-14(10-8-13)18-16-11-12-17(20-19-16)21-24(22,23)15-5-3-2-4-6-15/h2-12H,1H3,(H,18,19)(H,20,21). The molecule has 0 aliphatic carbocycles. The lowest BCUT2D eigenvalue weighted by Crippen LogP contribution is -2.14. The van der Waals surface area contributed by atoms with Crippen LogP contribution in [-0.4, -0.2) is 18.6 Å². The third kappa shape index (κ3) is 3.88. The van der Waals surface area contributed by atoms with Crippen molar-refractivity contribution in [3.63, 3.8) is 0 Å². The van der Waals surface area contributed by atoms with Crippen LogP contribution in [0.4, 0.5) is 17.3 Å². The number of aromatic nitrogens is 2. The first-order valence-corrected chi connectivity index (χ1v) is 8.76. The lowest BCUT2D eigenvalue weighted by Gasteiger charge is -2.08. The van der Waals surface area contributed by atoms with Crippen molar-refractivity contribution in [2.75, 3.05) is 10.0 Å². The van der Waals surface area contributed by atoms with Gasteiger partial charge < -0.3 is 5.32 Å². The van der Waals surface area contributed by atoms with E-state index >= 15 is 0 Å². The minimum absolute atomic E-state index is 0.160. The normalized spacial score (nSPS) is 11.0.